The number of amides is 3. The van der Waals surface area contributed by atoms with E-state index in [1.165, 1.54) is 0 Å². The molecule has 4 aliphatic heterocycles. The minimum atomic E-state index is -2.60. The highest BCUT2D eigenvalue weighted by atomic mass is 28.3. The normalized spacial score (nSPS) is 31.8. The number of rotatable bonds is 8. The van der Waals surface area contributed by atoms with E-state index in [1.54, 1.807) is 30.2 Å². The molecule has 0 bridgehead atoms. The molecule has 3 aromatic rings. The maximum absolute atomic E-state index is 14.4. The fourth-order valence-electron chi connectivity index (χ4n) is 9.03. The molecule has 0 aliphatic carbocycles. The summed E-state index contributed by atoms with van der Waals surface area (Å²) in [5.74, 6) is -1.25. The molecule has 0 aromatic heterocycles. The molecule has 2 saturated heterocycles. The standard InChI is InChI=1S/C39H47N3O11Si/c1-20-35(54(3,4)26-12-10-25(51-2)11-13-26)29(17-30(44)42-18-22-8-6-5-7-21(22)15-24(42)19-43)53-39(20)27-16-23(9-14-28(27)41-38(39)50)40-36(48)34-32(46)31(45)33(47)37(49)52-34/h5-14,16,20,24,29,31-35,37,43,45-47,49H,15,17-19H2,1-4H3,(H,40,48)(H,41,50)/t20-,24+,29+,31+,32+,33-,34+,35-,37-,39+/m1/s1. The minimum absolute atomic E-state index is 0.0333. The van der Waals surface area contributed by atoms with Gasteiger partial charge in [-0.25, -0.2) is 0 Å². The highest BCUT2D eigenvalue weighted by Crippen LogP contribution is 2.59. The second kappa shape index (κ2) is 14.5. The molecule has 3 aromatic carbocycles. The second-order valence-corrected chi connectivity index (χ2v) is 20.0. The molecular formula is C39H47N3O11Si. The summed E-state index contributed by atoms with van der Waals surface area (Å²) >= 11 is 0. The van der Waals surface area contributed by atoms with Gasteiger partial charge in [-0.05, 0) is 53.4 Å². The van der Waals surface area contributed by atoms with Crippen molar-refractivity contribution in [2.24, 2.45) is 5.92 Å². The number of aliphatic hydroxyl groups is 5. The first kappa shape index (κ1) is 38.1. The van der Waals surface area contributed by atoms with Crippen LogP contribution in [-0.4, -0.2) is 113 Å². The van der Waals surface area contributed by atoms with Gasteiger partial charge in [0.15, 0.2) is 18.0 Å². The summed E-state index contributed by atoms with van der Waals surface area (Å²) in [6, 6.07) is 20.1. The lowest BCUT2D eigenvalue weighted by Crippen LogP contribution is -2.60. The Kier molecular flexibility index (Phi) is 10.2. The molecule has 3 amide bonds. The van der Waals surface area contributed by atoms with Crippen LogP contribution in [0.4, 0.5) is 11.4 Å². The third kappa shape index (κ3) is 6.31. The SMILES string of the molecule is COc1ccc([Si](C)(C)[C@H]2[C@H](CC(=O)N3Cc4ccccc4C[C@H]3CO)O[C@@]3(C(=O)Nc4ccc(NC(=O)[C@H]5O[C@@H](O)[C@H](O)[C@@H](O)[C@@H]5O)cc43)[C@@H]2C)cc1. The Bertz CT molecular complexity index is 1930. The minimum Gasteiger partial charge on any atom is -0.497 e. The third-order valence-electron chi connectivity index (χ3n) is 12.0. The van der Waals surface area contributed by atoms with Crippen LogP contribution in [0, 0.1) is 5.92 Å². The van der Waals surface area contributed by atoms with Gasteiger partial charge < -0.3 is 55.3 Å². The smallest absolute Gasteiger partial charge is 0.261 e. The molecule has 0 saturated carbocycles. The van der Waals surface area contributed by atoms with Crippen molar-refractivity contribution in [3.05, 3.63) is 83.4 Å². The molecule has 7 rings (SSSR count). The van der Waals surface area contributed by atoms with Gasteiger partial charge >= 0.3 is 0 Å². The lowest BCUT2D eigenvalue weighted by Gasteiger charge is -2.39. The van der Waals surface area contributed by atoms with Crippen molar-refractivity contribution in [1.82, 2.24) is 4.90 Å². The summed E-state index contributed by atoms with van der Waals surface area (Å²) in [5.41, 5.74) is 1.43. The average Bonchev–Trinajstić information content (AvgIpc) is 3.62. The molecule has 0 unspecified atom stereocenters. The van der Waals surface area contributed by atoms with Crippen LogP contribution in [0.5, 0.6) is 5.75 Å². The van der Waals surface area contributed by atoms with Crippen molar-refractivity contribution in [2.45, 2.75) is 93.4 Å². The van der Waals surface area contributed by atoms with Crippen LogP contribution in [0.25, 0.3) is 0 Å². The quantitative estimate of drug-likeness (QED) is 0.161. The van der Waals surface area contributed by atoms with Crippen LogP contribution in [0.3, 0.4) is 0 Å². The molecule has 4 heterocycles. The molecule has 7 N–H and O–H groups in total. The summed E-state index contributed by atoms with van der Waals surface area (Å²) in [7, 11) is -1.00. The fourth-order valence-corrected chi connectivity index (χ4v) is 13.0. The number of hydrogen-bond donors (Lipinski definition) is 7. The molecule has 15 heteroatoms. The summed E-state index contributed by atoms with van der Waals surface area (Å²) < 4.78 is 17.5. The lowest BCUT2D eigenvalue weighted by atomic mass is 9.82. The predicted octanol–water partition coefficient (Wildman–Crippen LogP) is 0.938. The highest BCUT2D eigenvalue weighted by Gasteiger charge is 2.65. The number of carbonyl (C=O) groups is 3. The van der Waals surface area contributed by atoms with Gasteiger partial charge in [-0.15, -0.1) is 0 Å². The van der Waals surface area contributed by atoms with Crippen LogP contribution >= 0.6 is 0 Å². The van der Waals surface area contributed by atoms with E-state index < -0.39 is 74.3 Å². The molecule has 10 atom stereocenters. The van der Waals surface area contributed by atoms with Crippen molar-refractivity contribution < 1.29 is 54.1 Å². The molecule has 4 aliphatic rings. The van der Waals surface area contributed by atoms with Crippen molar-refractivity contribution in [3.8, 4) is 5.75 Å². The van der Waals surface area contributed by atoms with Crippen molar-refractivity contribution >= 4 is 42.4 Å². The summed E-state index contributed by atoms with van der Waals surface area (Å²) in [5, 5.41) is 57.5. The zero-order valence-corrected chi connectivity index (χ0v) is 31.5. The Morgan fingerprint density at radius 2 is 1.70 bits per heavy atom. The number of aliphatic hydroxyl groups excluding tert-OH is 5. The first-order valence-electron chi connectivity index (χ1n) is 18.1. The van der Waals surface area contributed by atoms with Crippen LogP contribution in [0.1, 0.15) is 30.0 Å². The first-order valence-corrected chi connectivity index (χ1v) is 21.2. The van der Waals surface area contributed by atoms with Crippen LogP contribution in [0.2, 0.25) is 18.6 Å². The van der Waals surface area contributed by atoms with Gasteiger partial charge in [-0.3, -0.25) is 14.4 Å². The highest BCUT2D eigenvalue weighted by molar-refractivity contribution is 6.91. The van der Waals surface area contributed by atoms with Gasteiger partial charge in [0.25, 0.3) is 11.8 Å². The van der Waals surface area contributed by atoms with Gasteiger partial charge in [0.05, 0.1) is 40.4 Å². The predicted molar refractivity (Wildman–Crippen MR) is 198 cm³/mol. The number of anilines is 2. The average molecular weight is 762 g/mol. The Morgan fingerprint density at radius 3 is 2.39 bits per heavy atom. The summed E-state index contributed by atoms with van der Waals surface area (Å²) in [6.45, 7) is 6.50. The van der Waals surface area contributed by atoms with E-state index in [0.29, 0.717) is 30.0 Å². The van der Waals surface area contributed by atoms with E-state index >= 15 is 0 Å². The number of methoxy groups -OCH3 is 1. The Morgan fingerprint density at radius 1 is 1.00 bits per heavy atom. The van der Waals surface area contributed by atoms with E-state index in [1.807, 2.05) is 55.5 Å². The van der Waals surface area contributed by atoms with Gasteiger partial charge in [0.2, 0.25) is 5.91 Å². The number of ether oxygens (including phenoxy) is 3. The Labute approximate surface area is 313 Å². The molecule has 2 fully saturated rings. The van der Waals surface area contributed by atoms with Crippen molar-refractivity contribution in [2.75, 3.05) is 24.4 Å². The van der Waals surface area contributed by atoms with Crippen LogP contribution in [0.15, 0.2) is 66.7 Å². The van der Waals surface area contributed by atoms with Crippen LogP contribution < -0.4 is 20.6 Å². The molecule has 1 spiro atoms. The van der Waals surface area contributed by atoms with E-state index in [-0.39, 0.29) is 30.2 Å². The van der Waals surface area contributed by atoms with Gasteiger partial charge in [-0.2, -0.15) is 0 Å². The monoisotopic (exact) mass is 761 g/mol. The summed E-state index contributed by atoms with van der Waals surface area (Å²) in [6.07, 6.45) is -9.29. The number of carbonyl (C=O) groups excluding carboxylic acids is 3. The van der Waals surface area contributed by atoms with Crippen molar-refractivity contribution in [3.63, 3.8) is 0 Å². The number of benzene rings is 3. The van der Waals surface area contributed by atoms with E-state index in [9.17, 15) is 39.9 Å². The maximum atomic E-state index is 14.4. The van der Waals surface area contributed by atoms with Crippen LogP contribution in [-0.2, 0) is 42.4 Å². The number of nitrogens with zero attached hydrogens (tertiary/aromatic N) is 1. The molecule has 288 valence electrons. The number of fused-ring (bicyclic) bond motifs is 3. The third-order valence-corrected chi connectivity index (χ3v) is 16.3. The molecule has 54 heavy (non-hydrogen) atoms. The maximum Gasteiger partial charge on any atom is 0.261 e. The van der Waals surface area contributed by atoms with E-state index in [2.05, 4.69) is 23.7 Å². The largest absolute Gasteiger partial charge is 0.497 e. The van der Waals surface area contributed by atoms with Gasteiger partial charge in [0, 0.05) is 29.4 Å². The fraction of sp³-hybridized carbons (Fsp3) is 0.462. The zero-order valence-electron chi connectivity index (χ0n) is 30.5. The topological polar surface area (TPSA) is 207 Å². The lowest BCUT2D eigenvalue weighted by molar-refractivity contribution is -0.274. The Hall–Kier alpha value is -4.19. The number of hydrogen-bond acceptors (Lipinski definition) is 11. The van der Waals surface area contributed by atoms with E-state index in [4.69, 9.17) is 14.2 Å². The number of nitrogens with one attached hydrogen (secondary N) is 2. The van der Waals surface area contributed by atoms with Gasteiger partial charge in [0.1, 0.15) is 24.1 Å². The molecular weight excluding hydrogens is 715 g/mol. The second-order valence-electron chi connectivity index (χ2n) is 15.3. The van der Waals surface area contributed by atoms with Gasteiger partial charge in [-0.1, -0.05) is 61.6 Å². The van der Waals surface area contributed by atoms with Crippen molar-refractivity contribution in [1.29, 1.82) is 0 Å². The summed E-state index contributed by atoms with van der Waals surface area (Å²) in [4.78, 5) is 43.6. The van der Waals surface area contributed by atoms with E-state index in [0.717, 1.165) is 16.3 Å². The molecule has 0 radical (unpaired) electrons. The molecule has 14 nitrogen and oxygen atoms in total. The zero-order chi connectivity index (χ0) is 38.7. The first-order chi connectivity index (χ1) is 25.7. The Balaban J connectivity index is 1.23.